The Hall–Kier alpha value is -0.620. The van der Waals surface area contributed by atoms with Crippen LogP contribution in [0.3, 0.4) is 0 Å². The van der Waals surface area contributed by atoms with E-state index >= 15 is 0 Å². The first-order valence-corrected chi connectivity index (χ1v) is 8.80. The van der Waals surface area contributed by atoms with Gasteiger partial charge in [0.15, 0.2) is 0 Å². The third-order valence-corrected chi connectivity index (χ3v) is 5.23. The fourth-order valence-electron chi connectivity index (χ4n) is 2.61. The summed E-state index contributed by atoms with van der Waals surface area (Å²) < 4.78 is 26.3. The van der Waals surface area contributed by atoms with Crippen LogP contribution in [0.4, 0.5) is 0 Å². The van der Waals surface area contributed by atoms with Crippen molar-refractivity contribution >= 4 is 16.0 Å². The van der Waals surface area contributed by atoms with E-state index < -0.39 is 21.9 Å². The number of carbonyl (C=O) groups is 1. The summed E-state index contributed by atoms with van der Waals surface area (Å²) in [5, 5.41) is 8.99. The second-order valence-electron chi connectivity index (χ2n) is 5.46. The van der Waals surface area contributed by atoms with Gasteiger partial charge in [-0.3, -0.25) is 4.79 Å². The summed E-state index contributed by atoms with van der Waals surface area (Å²) in [7, 11) is -3.34. The van der Waals surface area contributed by atoms with Crippen LogP contribution in [0, 0.1) is 11.8 Å². The van der Waals surface area contributed by atoms with Crippen molar-refractivity contribution in [1.29, 1.82) is 0 Å². The minimum absolute atomic E-state index is 0.0121. The van der Waals surface area contributed by atoms with Gasteiger partial charge in [-0.2, -0.15) is 0 Å². The van der Waals surface area contributed by atoms with Crippen molar-refractivity contribution in [3.8, 4) is 0 Å². The molecule has 1 saturated carbocycles. The summed E-state index contributed by atoms with van der Waals surface area (Å²) in [6, 6.07) is 0. The van der Waals surface area contributed by atoms with E-state index in [-0.39, 0.29) is 18.2 Å². The van der Waals surface area contributed by atoms with Gasteiger partial charge in [0.05, 0.1) is 11.7 Å². The van der Waals surface area contributed by atoms with E-state index in [0.717, 1.165) is 32.1 Å². The molecule has 0 spiro atoms. The lowest BCUT2D eigenvalue weighted by Gasteiger charge is -2.22. The van der Waals surface area contributed by atoms with Gasteiger partial charge in [-0.1, -0.05) is 32.6 Å². The zero-order valence-electron chi connectivity index (χ0n) is 11.6. The second-order valence-corrected chi connectivity index (χ2v) is 7.31. The lowest BCUT2D eigenvalue weighted by Crippen LogP contribution is -2.36. The zero-order valence-corrected chi connectivity index (χ0v) is 12.4. The molecule has 19 heavy (non-hydrogen) atoms. The van der Waals surface area contributed by atoms with E-state index in [9.17, 15) is 13.2 Å². The Labute approximate surface area is 115 Å². The van der Waals surface area contributed by atoms with E-state index in [1.165, 1.54) is 6.42 Å². The smallest absolute Gasteiger partial charge is 0.307 e. The highest BCUT2D eigenvalue weighted by Crippen LogP contribution is 2.24. The number of carboxylic acid groups (broad SMARTS) is 1. The van der Waals surface area contributed by atoms with Gasteiger partial charge in [-0.25, -0.2) is 13.1 Å². The van der Waals surface area contributed by atoms with Gasteiger partial charge in [0.2, 0.25) is 10.0 Å². The Bertz CT molecular complexity index is 374. The molecule has 1 rings (SSSR count). The van der Waals surface area contributed by atoms with Crippen LogP contribution >= 0.6 is 0 Å². The third kappa shape index (κ3) is 6.38. The van der Waals surface area contributed by atoms with Gasteiger partial charge in [0, 0.05) is 6.54 Å². The molecule has 112 valence electrons. The molecule has 0 bridgehead atoms. The molecular weight excluding hydrogens is 266 g/mol. The number of hydrogen-bond donors (Lipinski definition) is 2. The van der Waals surface area contributed by atoms with E-state index in [4.69, 9.17) is 5.11 Å². The molecule has 1 atom stereocenters. The Balaban J connectivity index is 2.42. The van der Waals surface area contributed by atoms with E-state index in [2.05, 4.69) is 4.72 Å². The molecule has 0 aromatic carbocycles. The first-order valence-electron chi connectivity index (χ1n) is 7.14. The zero-order chi connectivity index (χ0) is 14.3. The standard InChI is InChI=1S/C13H25NO4S/c1-2-6-12(13(15)16)9-14-19(17,18)10-11-7-4-3-5-8-11/h11-12,14H,2-10H2,1H3,(H,15,16). The number of hydrogen-bond acceptors (Lipinski definition) is 3. The lowest BCUT2D eigenvalue weighted by molar-refractivity contribution is -0.141. The van der Waals surface area contributed by atoms with Crippen molar-refractivity contribution < 1.29 is 18.3 Å². The molecule has 2 N–H and O–H groups in total. The van der Waals surface area contributed by atoms with Crippen LogP contribution in [0.15, 0.2) is 0 Å². The normalized spacial score (nSPS) is 19.2. The summed E-state index contributed by atoms with van der Waals surface area (Å²) in [4.78, 5) is 11.0. The highest BCUT2D eigenvalue weighted by atomic mass is 32.2. The van der Waals surface area contributed by atoms with Crippen LogP contribution < -0.4 is 4.72 Å². The van der Waals surface area contributed by atoms with Crippen molar-refractivity contribution in [2.24, 2.45) is 11.8 Å². The molecule has 5 nitrogen and oxygen atoms in total. The van der Waals surface area contributed by atoms with Crippen LogP contribution in [0.2, 0.25) is 0 Å². The van der Waals surface area contributed by atoms with E-state index in [1.54, 1.807) is 0 Å². The fraction of sp³-hybridized carbons (Fsp3) is 0.923. The highest BCUT2D eigenvalue weighted by Gasteiger charge is 2.23. The molecule has 0 radical (unpaired) electrons. The van der Waals surface area contributed by atoms with Crippen molar-refractivity contribution in [2.75, 3.05) is 12.3 Å². The molecule has 1 unspecified atom stereocenters. The SMILES string of the molecule is CCCC(CNS(=O)(=O)CC1CCCCC1)C(=O)O. The van der Waals surface area contributed by atoms with Gasteiger partial charge >= 0.3 is 5.97 Å². The monoisotopic (exact) mass is 291 g/mol. The molecule has 6 heteroatoms. The number of aliphatic carboxylic acids is 1. The van der Waals surface area contributed by atoms with Gasteiger partial charge < -0.3 is 5.11 Å². The van der Waals surface area contributed by atoms with Crippen LogP contribution in [0.5, 0.6) is 0 Å². The van der Waals surface area contributed by atoms with Crippen molar-refractivity contribution in [3.05, 3.63) is 0 Å². The van der Waals surface area contributed by atoms with Crippen molar-refractivity contribution in [2.45, 2.75) is 51.9 Å². The third-order valence-electron chi connectivity index (χ3n) is 3.72. The molecule has 0 aromatic rings. The maximum absolute atomic E-state index is 11.9. The molecule has 1 aliphatic rings. The average molecular weight is 291 g/mol. The molecule has 1 fully saturated rings. The lowest BCUT2D eigenvalue weighted by atomic mass is 9.91. The van der Waals surface area contributed by atoms with Gasteiger partial charge in [-0.05, 0) is 25.2 Å². The van der Waals surface area contributed by atoms with Crippen molar-refractivity contribution in [1.82, 2.24) is 4.72 Å². The summed E-state index contributed by atoms with van der Waals surface area (Å²) in [6.45, 7) is 1.91. The number of nitrogens with one attached hydrogen (secondary N) is 1. The average Bonchev–Trinajstić information content (AvgIpc) is 2.34. The Morgan fingerprint density at radius 3 is 2.47 bits per heavy atom. The van der Waals surface area contributed by atoms with Crippen LogP contribution in [-0.2, 0) is 14.8 Å². The highest BCUT2D eigenvalue weighted by molar-refractivity contribution is 7.89. The molecule has 1 aliphatic carbocycles. The number of rotatable bonds is 8. The van der Waals surface area contributed by atoms with Crippen LogP contribution in [0.25, 0.3) is 0 Å². The van der Waals surface area contributed by atoms with E-state index in [1.807, 2.05) is 6.92 Å². The molecule has 0 heterocycles. The van der Waals surface area contributed by atoms with Gasteiger partial charge in [0.1, 0.15) is 0 Å². The maximum Gasteiger partial charge on any atom is 0.307 e. The topological polar surface area (TPSA) is 83.5 Å². The van der Waals surface area contributed by atoms with Gasteiger partial charge in [-0.15, -0.1) is 0 Å². The Morgan fingerprint density at radius 1 is 1.32 bits per heavy atom. The van der Waals surface area contributed by atoms with Crippen molar-refractivity contribution in [3.63, 3.8) is 0 Å². The fourth-order valence-corrected chi connectivity index (χ4v) is 4.14. The maximum atomic E-state index is 11.9. The molecular formula is C13H25NO4S. The summed E-state index contributed by atoms with van der Waals surface area (Å²) in [5.41, 5.74) is 0. The minimum Gasteiger partial charge on any atom is -0.481 e. The quantitative estimate of drug-likeness (QED) is 0.716. The Kier molecular flexibility index (Phi) is 6.79. The summed E-state index contributed by atoms with van der Waals surface area (Å²) in [5.74, 6) is -1.17. The van der Waals surface area contributed by atoms with Crippen LogP contribution in [0.1, 0.15) is 51.9 Å². The molecule has 0 aliphatic heterocycles. The Morgan fingerprint density at radius 2 is 1.95 bits per heavy atom. The van der Waals surface area contributed by atoms with Crippen LogP contribution in [-0.4, -0.2) is 31.8 Å². The van der Waals surface area contributed by atoms with E-state index in [0.29, 0.717) is 6.42 Å². The number of sulfonamides is 1. The summed E-state index contributed by atoms with van der Waals surface area (Å²) in [6.07, 6.45) is 6.59. The predicted molar refractivity (Wildman–Crippen MR) is 74.4 cm³/mol. The minimum atomic E-state index is -3.34. The first kappa shape index (κ1) is 16.4. The number of carboxylic acids is 1. The second kappa shape index (κ2) is 7.85. The summed E-state index contributed by atoms with van der Waals surface area (Å²) >= 11 is 0. The molecule has 0 aromatic heterocycles. The van der Waals surface area contributed by atoms with Gasteiger partial charge in [0.25, 0.3) is 0 Å². The largest absolute Gasteiger partial charge is 0.481 e. The predicted octanol–water partition coefficient (Wildman–Crippen LogP) is 1.99. The molecule has 0 amide bonds. The first-order chi connectivity index (χ1) is 8.94. The molecule has 0 saturated heterocycles.